The second-order valence-corrected chi connectivity index (χ2v) is 9.68. The number of halogens is 4. The molecule has 0 spiro atoms. The van der Waals surface area contributed by atoms with Gasteiger partial charge in [0.15, 0.2) is 6.10 Å². The molecule has 1 aliphatic rings. The lowest BCUT2D eigenvalue weighted by Gasteiger charge is -2.30. The third-order valence-corrected chi connectivity index (χ3v) is 5.68. The molecule has 10 heteroatoms. The Balaban J connectivity index is 2.09. The van der Waals surface area contributed by atoms with E-state index in [9.17, 15) is 23.1 Å². The molecular weight excluding hydrogens is 485 g/mol. The minimum absolute atomic E-state index is 0.0459. The van der Waals surface area contributed by atoms with Crippen LogP contribution in [0.25, 0.3) is 16.8 Å². The van der Waals surface area contributed by atoms with E-state index in [1.807, 2.05) is 0 Å². The van der Waals surface area contributed by atoms with Crippen LogP contribution < -0.4 is 4.74 Å². The van der Waals surface area contributed by atoms with Crippen LogP contribution in [-0.2, 0) is 22.1 Å². The Morgan fingerprint density at radius 3 is 2.57 bits per heavy atom. The third-order valence-electron chi connectivity index (χ3n) is 5.48. The van der Waals surface area contributed by atoms with Gasteiger partial charge in [0, 0.05) is 17.3 Å². The summed E-state index contributed by atoms with van der Waals surface area (Å²) in [6.45, 7) is 5.31. The maximum Gasteiger partial charge on any atom is 0.416 e. The number of carboxylic acid groups (broad SMARTS) is 1. The summed E-state index contributed by atoms with van der Waals surface area (Å²) < 4.78 is 55.6. The molecule has 1 atom stereocenters. The maximum absolute atomic E-state index is 14.3. The van der Waals surface area contributed by atoms with Crippen LogP contribution in [0.5, 0.6) is 5.75 Å². The Morgan fingerprint density at radius 2 is 1.97 bits per heavy atom. The van der Waals surface area contributed by atoms with Gasteiger partial charge < -0.3 is 14.6 Å². The second kappa shape index (κ2) is 9.20. The molecule has 0 fully saturated rings. The summed E-state index contributed by atoms with van der Waals surface area (Å²) in [6.07, 6.45) is -2.50. The number of ether oxygens (including phenoxy) is 2. The molecule has 0 radical (unpaired) electrons. The zero-order valence-corrected chi connectivity index (χ0v) is 20.1. The number of carbonyl (C=O) groups is 1. The molecule has 0 saturated heterocycles. The Labute approximate surface area is 205 Å². The van der Waals surface area contributed by atoms with Gasteiger partial charge in [-0.1, -0.05) is 17.7 Å². The molecule has 1 N–H and O–H groups in total. The van der Waals surface area contributed by atoms with E-state index in [4.69, 9.17) is 21.1 Å². The van der Waals surface area contributed by atoms with E-state index in [2.05, 4.69) is 5.10 Å². The van der Waals surface area contributed by atoms with E-state index < -0.39 is 35.0 Å². The van der Waals surface area contributed by atoms with Gasteiger partial charge in [0.1, 0.15) is 5.75 Å². The average Bonchev–Trinajstić information content (AvgIpc) is 3.21. The lowest BCUT2D eigenvalue weighted by Crippen LogP contribution is -2.30. The predicted octanol–water partition coefficient (Wildman–Crippen LogP) is 6.48. The Hall–Kier alpha value is -3.04. The highest BCUT2D eigenvalue weighted by Crippen LogP contribution is 2.45. The van der Waals surface area contributed by atoms with Gasteiger partial charge in [0.2, 0.25) is 0 Å². The van der Waals surface area contributed by atoms with E-state index in [0.29, 0.717) is 24.3 Å². The number of hydrogen-bond acceptors (Lipinski definition) is 4. The van der Waals surface area contributed by atoms with Crippen molar-refractivity contribution in [3.05, 3.63) is 64.4 Å². The molecule has 0 amide bonds. The van der Waals surface area contributed by atoms with Crippen molar-refractivity contribution in [1.82, 2.24) is 9.78 Å². The van der Waals surface area contributed by atoms with Crippen LogP contribution in [0.15, 0.2) is 42.7 Å². The quantitative estimate of drug-likeness (QED) is 0.427. The summed E-state index contributed by atoms with van der Waals surface area (Å²) in [6, 6.07) is 7.16. The molecule has 0 saturated carbocycles. The molecule has 6 nitrogen and oxygen atoms in total. The fraction of sp³-hybridized carbons (Fsp3) is 0.360. The Kier molecular flexibility index (Phi) is 6.59. The first kappa shape index (κ1) is 25.1. The summed E-state index contributed by atoms with van der Waals surface area (Å²) in [4.78, 5) is 12.4. The topological polar surface area (TPSA) is 73.6 Å². The van der Waals surface area contributed by atoms with Crippen LogP contribution in [0, 0.1) is 0 Å². The number of aryl methyl sites for hydroxylation is 1. The van der Waals surface area contributed by atoms with Crippen LogP contribution in [-0.4, -0.2) is 33.1 Å². The largest absolute Gasteiger partial charge is 0.493 e. The molecule has 3 aromatic rings. The average molecular weight is 509 g/mol. The first-order valence-corrected chi connectivity index (χ1v) is 11.3. The van der Waals surface area contributed by atoms with Crippen molar-refractivity contribution in [2.75, 3.05) is 6.61 Å². The fourth-order valence-corrected chi connectivity index (χ4v) is 4.29. The van der Waals surface area contributed by atoms with Crippen LogP contribution in [0.3, 0.4) is 0 Å². The lowest BCUT2D eigenvalue weighted by molar-refractivity contribution is -0.163. The number of rotatable bonds is 5. The van der Waals surface area contributed by atoms with E-state index in [0.717, 1.165) is 18.1 Å². The van der Waals surface area contributed by atoms with Crippen molar-refractivity contribution in [2.24, 2.45) is 0 Å². The van der Waals surface area contributed by atoms with Gasteiger partial charge >= 0.3 is 12.1 Å². The number of nitrogens with zero attached hydrogens (tertiary/aromatic N) is 2. The van der Waals surface area contributed by atoms with Crippen molar-refractivity contribution >= 4 is 17.6 Å². The van der Waals surface area contributed by atoms with Crippen molar-refractivity contribution in [2.45, 2.75) is 51.5 Å². The SMILES string of the molecule is CC(C)(C)OC(C(=O)O)c1c(C(F)(F)F)ccc(-n2cc(Cl)cn2)c1-c1ccc2c(c1)CCCO2. The molecule has 2 aromatic carbocycles. The Morgan fingerprint density at radius 1 is 1.23 bits per heavy atom. The van der Waals surface area contributed by atoms with E-state index in [-0.39, 0.29) is 16.3 Å². The Bertz CT molecular complexity index is 1260. The van der Waals surface area contributed by atoms with Crippen molar-refractivity contribution in [3.8, 4) is 22.6 Å². The number of fused-ring (bicyclic) bond motifs is 1. The summed E-state index contributed by atoms with van der Waals surface area (Å²) in [5, 5.41) is 14.5. The normalized spacial score (nSPS) is 14.8. The number of benzene rings is 2. The third kappa shape index (κ3) is 5.31. The molecule has 1 aliphatic heterocycles. The zero-order valence-electron chi connectivity index (χ0n) is 19.3. The monoisotopic (exact) mass is 508 g/mol. The van der Waals surface area contributed by atoms with Gasteiger partial charge in [0.05, 0.1) is 34.7 Å². The fourth-order valence-electron chi connectivity index (χ4n) is 4.16. The van der Waals surface area contributed by atoms with Crippen LogP contribution in [0.4, 0.5) is 13.2 Å². The predicted molar refractivity (Wildman–Crippen MR) is 124 cm³/mol. The standard InChI is InChI=1S/C25H24ClF3N2O4/c1-24(2,3)35-22(23(32)33)21-17(25(27,28)29)7-8-18(31-13-16(26)12-30-31)20(21)15-6-9-19-14(11-15)5-4-10-34-19/h6-9,11-13,22H,4-5,10H2,1-3H3,(H,32,33). The van der Waals surface area contributed by atoms with Gasteiger partial charge in [-0.15, -0.1) is 0 Å². The number of hydrogen-bond donors (Lipinski definition) is 1. The van der Waals surface area contributed by atoms with Gasteiger partial charge in [-0.05, 0) is 69.0 Å². The van der Waals surface area contributed by atoms with Gasteiger partial charge in [-0.25, -0.2) is 9.48 Å². The summed E-state index contributed by atoms with van der Waals surface area (Å²) in [5.74, 6) is -0.887. The first-order chi connectivity index (χ1) is 16.3. The number of alkyl halides is 3. The van der Waals surface area contributed by atoms with Crippen LogP contribution >= 0.6 is 11.6 Å². The van der Waals surface area contributed by atoms with Crippen LogP contribution in [0.1, 0.15) is 50.0 Å². The second-order valence-electron chi connectivity index (χ2n) is 9.24. The minimum atomic E-state index is -4.84. The van der Waals surface area contributed by atoms with E-state index in [1.165, 1.54) is 23.1 Å². The molecule has 4 rings (SSSR count). The molecule has 2 heterocycles. The highest BCUT2D eigenvalue weighted by Gasteiger charge is 2.41. The molecule has 35 heavy (non-hydrogen) atoms. The summed E-state index contributed by atoms with van der Waals surface area (Å²) in [7, 11) is 0. The summed E-state index contributed by atoms with van der Waals surface area (Å²) in [5.41, 5.74) is -1.14. The highest BCUT2D eigenvalue weighted by molar-refractivity contribution is 6.30. The van der Waals surface area contributed by atoms with Gasteiger partial charge in [-0.3, -0.25) is 0 Å². The number of carboxylic acids is 1. The van der Waals surface area contributed by atoms with Crippen molar-refractivity contribution in [3.63, 3.8) is 0 Å². The van der Waals surface area contributed by atoms with E-state index in [1.54, 1.807) is 39.0 Å². The molecule has 0 aliphatic carbocycles. The number of aliphatic carboxylic acids is 1. The number of aromatic nitrogens is 2. The first-order valence-electron chi connectivity index (χ1n) is 11.0. The highest BCUT2D eigenvalue weighted by atomic mass is 35.5. The van der Waals surface area contributed by atoms with E-state index >= 15 is 0 Å². The lowest BCUT2D eigenvalue weighted by atomic mass is 9.88. The van der Waals surface area contributed by atoms with Crippen molar-refractivity contribution in [1.29, 1.82) is 0 Å². The molecule has 186 valence electrons. The molecule has 1 aromatic heterocycles. The van der Waals surface area contributed by atoms with Crippen molar-refractivity contribution < 1.29 is 32.5 Å². The maximum atomic E-state index is 14.3. The summed E-state index contributed by atoms with van der Waals surface area (Å²) >= 11 is 6.05. The van der Waals surface area contributed by atoms with Gasteiger partial charge in [0.25, 0.3) is 0 Å². The van der Waals surface area contributed by atoms with Gasteiger partial charge in [-0.2, -0.15) is 18.3 Å². The molecular formula is C25H24ClF3N2O4. The molecule has 0 bridgehead atoms. The minimum Gasteiger partial charge on any atom is -0.493 e. The molecule has 1 unspecified atom stereocenters. The zero-order chi connectivity index (χ0) is 25.5. The van der Waals surface area contributed by atoms with Crippen LogP contribution in [0.2, 0.25) is 5.02 Å². The smallest absolute Gasteiger partial charge is 0.416 e.